The van der Waals surface area contributed by atoms with Crippen molar-refractivity contribution in [3.8, 4) is 65.4 Å². The van der Waals surface area contributed by atoms with Crippen molar-refractivity contribution in [1.82, 2.24) is 0 Å². The SMILES string of the molecule is c1cccc(-c2cc3c(cc2-c2sc(-c4ccccc4-c4ccccc4)c4c2CCC=C4)C2(c4ccccc4-c4ccccc42)c2ccccc2-3)c#1. The lowest BCUT2D eigenvalue weighted by Gasteiger charge is -2.31. The van der Waals surface area contributed by atoms with Crippen molar-refractivity contribution in [3.05, 3.63) is 209 Å². The predicted molar refractivity (Wildman–Crippen MR) is 217 cm³/mol. The van der Waals surface area contributed by atoms with Crippen LogP contribution in [0, 0.1) is 12.1 Å². The molecule has 52 heavy (non-hydrogen) atoms. The van der Waals surface area contributed by atoms with E-state index in [9.17, 15) is 0 Å². The molecule has 1 spiro atoms. The van der Waals surface area contributed by atoms with E-state index in [0.29, 0.717) is 0 Å². The van der Waals surface area contributed by atoms with E-state index in [4.69, 9.17) is 0 Å². The Bertz CT molecular complexity index is 2680. The maximum atomic E-state index is 3.52. The summed E-state index contributed by atoms with van der Waals surface area (Å²) in [4.78, 5) is 2.70. The number of allylic oxidation sites excluding steroid dienone is 1. The molecule has 1 heterocycles. The Morgan fingerprint density at radius 1 is 0.481 bits per heavy atom. The minimum atomic E-state index is -0.404. The van der Waals surface area contributed by atoms with Gasteiger partial charge in [0, 0.05) is 26.4 Å². The van der Waals surface area contributed by atoms with Crippen LogP contribution in [-0.4, -0.2) is 0 Å². The normalized spacial score (nSPS) is 13.9. The molecular weight excluding hydrogens is 645 g/mol. The van der Waals surface area contributed by atoms with Crippen molar-refractivity contribution in [1.29, 1.82) is 0 Å². The Balaban J connectivity index is 1.24. The van der Waals surface area contributed by atoms with Crippen LogP contribution in [0.5, 0.6) is 0 Å². The fraction of sp³-hybridized carbons (Fsp3) is 0.0588. The molecule has 3 aliphatic carbocycles. The number of thiophene rings is 1. The summed E-state index contributed by atoms with van der Waals surface area (Å²) in [6.07, 6.45) is 6.79. The van der Waals surface area contributed by atoms with Gasteiger partial charge in [-0.05, 0) is 109 Å². The van der Waals surface area contributed by atoms with E-state index in [0.717, 1.165) is 18.4 Å². The molecule has 0 atom stereocenters. The van der Waals surface area contributed by atoms with Crippen molar-refractivity contribution in [2.45, 2.75) is 18.3 Å². The van der Waals surface area contributed by atoms with Crippen LogP contribution in [0.15, 0.2) is 164 Å². The highest BCUT2D eigenvalue weighted by molar-refractivity contribution is 7.19. The molecule has 0 unspecified atom stereocenters. The van der Waals surface area contributed by atoms with Gasteiger partial charge in [-0.15, -0.1) is 11.3 Å². The van der Waals surface area contributed by atoms with E-state index in [1.54, 1.807) is 0 Å². The molecule has 0 nitrogen and oxygen atoms in total. The van der Waals surface area contributed by atoms with E-state index < -0.39 is 5.41 Å². The smallest absolute Gasteiger partial charge is 0.0725 e. The molecule has 7 aromatic carbocycles. The van der Waals surface area contributed by atoms with Crippen LogP contribution >= 0.6 is 11.3 Å². The van der Waals surface area contributed by atoms with Gasteiger partial charge in [0.15, 0.2) is 0 Å². The second kappa shape index (κ2) is 11.4. The third-order valence-electron chi connectivity index (χ3n) is 11.5. The van der Waals surface area contributed by atoms with Gasteiger partial charge in [-0.1, -0.05) is 158 Å². The average Bonchev–Trinajstić information content (AvgIpc) is 3.85. The Labute approximate surface area is 309 Å². The minimum Gasteiger partial charge on any atom is -0.134 e. The first-order valence-corrected chi connectivity index (χ1v) is 19.0. The van der Waals surface area contributed by atoms with Crippen LogP contribution in [0.2, 0.25) is 0 Å². The maximum absolute atomic E-state index is 3.52. The summed E-state index contributed by atoms with van der Waals surface area (Å²) in [6.45, 7) is 0. The Kier molecular flexibility index (Phi) is 6.48. The first-order valence-electron chi connectivity index (χ1n) is 18.2. The quantitative estimate of drug-likeness (QED) is 0.174. The molecule has 0 bridgehead atoms. The zero-order valence-corrected chi connectivity index (χ0v) is 29.3. The summed E-state index contributed by atoms with van der Waals surface area (Å²) in [5.74, 6) is 0. The van der Waals surface area contributed by atoms with Gasteiger partial charge in [0.1, 0.15) is 0 Å². The van der Waals surface area contributed by atoms with Gasteiger partial charge in [0.05, 0.1) is 5.41 Å². The Morgan fingerprint density at radius 2 is 1.10 bits per heavy atom. The third kappa shape index (κ3) is 4.05. The fourth-order valence-electron chi connectivity index (χ4n) is 9.36. The van der Waals surface area contributed by atoms with Gasteiger partial charge in [-0.2, -0.15) is 0 Å². The van der Waals surface area contributed by atoms with E-state index in [2.05, 4.69) is 176 Å². The molecule has 0 N–H and O–H groups in total. The number of hydrogen-bond acceptors (Lipinski definition) is 1. The summed E-state index contributed by atoms with van der Waals surface area (Å²) in [6, 6.07) is 65.1. The number of rotatable bonds is 4. The number of hydrogen-bond donors (Lipinski definition) is 0. The first kappa shape index (κ1) is 29.5. The molecule has 0 saturated carbocycles. The second-order valence-electron chi connectivity index (χ2n) is 14.0. The topological polar surface area (TPSA) is 0 Å². The molecule has 11 rings (SSSR count). The van der Waals surface area contributed by atoms with Gasteiger partial charge >= 0.3 is 0 Å². The van der Waals surface area contributed by atoms with E-state index >= 15 is 0 Å². The van der Waals surface area contributed by atoms with Crippen molar-refractivity contribution in [3.63, 3.8) is 0 Å². The number of benzene rings is 6. The summed E-state index contributed by atoms with van der Waals surface area (Å²) in [7, 11) is 0. The lowest BCUT2D eigenvalue weighted by atomic mass is 9.70. The van der Waals surface area contributed by atoms with Crippen molar-refractivity contribution >= 4 is 17.4 Å². The molecule has 1 aromatic heterocycles. The Hall–Kier alpha value is -6.20. The Morgan fingerprint density at radius 3 is 1.77 bits per heavy atom. The maximum Gasteiger partial charge on any atom is 0.0725 e. The summed E-state index contributed by atoms with van der Waals surface area (Å²) < 4.78 is 0. The van der Waals surface area contributed by atoms with Gasteiger partial charge in [0.25, 0.3) is 0 Å². The molecular formula is C51H32S. The van der Waals surface area contributed by atoms with Crippen LogP contribution in [0.4, 0.5) is 0 Å². The van der Waals surface area contributed by atoms with Gasteiger partial charge in [-0.25, -0.2) is 0 Å². The molecule has 0 fully saturated rings. The molecule has 3 aliphatic rings. The van der Waals surface area contributed by atoms with Crippen molar-refractivity contribution in [2.24, 2.45) is 0 Å². The first-order chi connectivity index (χ1) is 25.8. The van der Waals surface area contributed by atoms with E-state index in [1.165, 1.54) is 93.2 Å². The molecule has 0 amide bonds. The number of fused-ring (bicyclic) bond motifs is 11. The average molecular weight is 677 g/mol. The lowest BCUT2D eigenvalue weighted by molar-refractivity contribution is 0.794. The molecule has 0 aliphatic heterocycles. The van der Waals surface area contributed by atoms with E-state index in [-0.39, 0.29) is 0 Å². The minimum absolute atomic E-state index is 0.404. The standard InChI is InChI=1S/C51H32S/c1-3-17-33(18-4-1)35-21-7-8-25-39(35)49-40-26-9-10-27-41(40)50(52-49)44-32-48-43(31-42(44)34-19-5-2-6-20-34)38-24-13-16-30-47(38)51(48)45-28-14-11-22-36(45)37-23-12-15-29-46(37)51/h1-5,7-9,11-19,21-26,28-32H,10,27H2. The van der Waals surface area contributed by atoms with Gasteiger partial charge in [-0.3, -0.25) is 0 Å². The van der Waals surface area contributed by atoms with Crippen LogP contribution < -0.4 is 0 Å². The molecule has 0 saturated heterocycles. The summed E-state index contributed by atoms with van der Waals surface area (Å²) in [5.41, 5.74) is 20.5. The monoisotopic (exact) mass is 676 g/mol. The molecule has 0 radical (unpaired) electrons. The van der Waals surface area contributed by atoms with Crippen LogP contribution in [0.25, 0.3) is 71.5 Å². The highest BCUT2D eigenvalue weighted by Gasteiger charge is 2.51. The lowest BCUT2D eigenvalue weighted by Crippen LogP contribution is -2.25. The van der Waals surface area contributed by atoms with Gasteiger partial charge < -0.3 is 0 Å². The molecule has 242 valence electrons. The molecule has 8 aromatic rings. The zero-order chi connectivity index (χ0) is 34.2. The second-order valence-corrected chi connectivity index (χ2v) is 15.1. The highest BCUT2D eigenvalue weighted by atomic mass is 32.1. The molecule has 1 heteroatoms. The van der Waals surface area contributed by atoms with Crippen LogP contribution in [-0.2, 0) is 11.8 Å². The predicted octanol–water partition coefficient (Wildman–Crippen LogP) is 13.3. The van der Waals surface area contributed by atoms with Crippen molar-refractivity contribution in [2.75, 3.05) is 0 Å². The summed E-state index contributed by atoms with van der Waals surface area (Å²) in [5, 5.41) is 0. The van der Waals surface area contributed by atoms with Crippen LogP contribution in [0.1, 0.15) is 39.8 Å². The zero-order valence-electron chi connectivity index (χ0n) is 28.5. The van der Waals surface area contributed by atoms with Crippen LogP contribution in [0.3, 0.4) is 0 Å². The van der Waals surface area contributed by atoms with Gasteiger partial charge in [0.2, 0.25) is 0 Å². The van der Waals surface area contributed by atoms with E-state index in [1.807, 2.05) is 17.4 Å². The largest absolute Gasteiger partial charge is 0.134 e. The third-order valence-corrected chi connectivity index (χ3v) is 12.8. The van der Waals surface area contributed by atoms with Crippen molar-refractivity contribution < 1.29 is 0 Å². The highest BCUT2D eigenvalue weighted by Crippen LogP contribution is 2.64. The fourth-order valence-corrected chi connectivity index (χ4v) is 10.8. The summed E-state index contributed by atoms with van der Waals surface area (Å²) >= 11 is 1.96.